The number of allylic oxidation sites excluding steroid dienone is 2. The maximum atomic E-state index is 13.3. The van der Waals surface area contributed by atoms with Crippen LogP contribution in [0.2, 0.25) is 0 Å². The molecule has 1 aliphatic carbocycles. The summed E-state index contributed by atoms with van der Waals surface area (Å²) in [5, 5.41) is 13.2. The number of alkyl halides is 5. The molecule has 1 aromatic heterocycles. The Kier molecular flexibility index (Phi) is 4.16. The first-order valence-electron chi connectivity index (χ1n) is 6.52. The van der Waals surface area contributed by atoms with E-state index in [1.807, 2.05) is 0 Å². The van der Waals surface area contributed by atoms with E-state index in [9.17, 15) is 27.1 Å². The quantitative estimate of drug-likeness (QED) is 0.857. The van der Waals surface area contributed by atoms with E-state index in [-0.39, 0.29) is 6.42 Å². The highest BCUT2D eigenvalue weighted by Crippen LogP contribution is 2.42. The van der Waals surface area contributed by atoms with Crippen LogP contribution in [0.4, 0.5) is 22.0 Å². The summed E-state index contributed by atoms with van der Waals surface area (Å²) in [6.45, 7) is 3.26. The van der Waals surface area contributed by atoms with Gasteiger partial charge in [-0.15, -0.1) is 0 Å². The van der Waals surface area contributed by atoms with Crippen LogP contribution in [-0.2, 0) is 0 Å². The third kappa shape index (κ3) is 2.79. The summed E-state index contributed by atoms with van der Waals surface area (Å²) in [5.41, 5.74) is 1.16. The van der Waals surface area contributed by atoms with E-state index >= 15 is 0 Å². The second-order valence-electron chi connectivity index (χ2n) is 5.13. The summed E-state index contributed by atoms with van der Waals surface area (Å²) in [6.07, 6.45) is -5.73. The Balaban J connectivity index is 2.36. The normalized spacial score (nSPS) is 18.0. The monoisotopic (exact) mass is 323 g/mol. The summed E-state index contributed by atoms with van der Waals surface area (Å²) >= 11 is 0. The number of halogens is 5. The highest BCUT2D eigenvalue weighted by Gasteiger charge is 2.62. The molecule has 3 nitrogen and oxygen atoms in total. The number of nitrogens with zero attached hydrogens (tertiary/aromatic N) is 1. The van der Waals surface area contributed by atoms with E-state index in [2.05, 4.69) is 5.16 Å². The summed E-state index contributed by atoms with van der Waals surface area (Å²) < 4.78 is 68.6. The van der Waals surface area contributed by atoms with Gasteiger partial charge in [0.25, 0.3) is 0 Å². The van der Waals surface area contributed by atoms with Crippen LogP contribution in [0.1, 0.15) is 29.9 Å². The summed E-state index contributed by atoms with van der Waals surface area (Å²) in [6, 6.07) is 0. The molecule has 0 saturated carbocycles. The number of aromatic nitrogens is 1. The van der Waals surface area contributed by atoms with Crippen molar-refractivity contribution in [1.82, 2.24) is 5.16 Å². The van der Waals surface area contributed by atoms with E-state index in [0.29, 0.717) is 29.0 Å². The van der Waals surface area contributed by atoms with Gasteiger partial charge in [0.05, 0.1) is 5.69 Å². The molecule has 0 aromatic carbocycles. The molecule has 1 N–H and O–H groups in total. The van der Waals surface area contributed by atoms with Crippen molar-refractivity contribution in [2.75, 3.05) is 0 Å². The van der Waals surface area contributed by atoms with Crippen LogP contribution in [0.15, 0.2) is 22.2 Å². The number of aliphatic hydroxyl groups is 1. The number of rotatable bonds is 3. The Morgan fingerprint density at radius 1 is 1.23 bits per heavy atom. The van der Waals surface area contributed by atoms with Gasteiger partial charge in [0, 0.05) is 5.56 Å². The fraction of sp³-hybridized carbons (Fsp3) is 0.500. The lowest BCUT2D eigenvalue weighted by atomic mass is 9.89. The Bertz CT molecular complexity index is 608. The topological polar surface area (TPSA) is 46.3 Å². The zero-order valence-corrected chi connectivity index (χ0v) is 11.8. The van der Waals surface area contributed by atoms with Crippen LogP contribution in [0.25, 0.3) is 5.57 Å². The molecule has 1 heterocycles. The van der Waals surface area contributed by atoms with Crippen LogP contribution >= 0.6 is 0 Å². The molecule has 1 atom stereocenters. The lowest BCUT2D eigenvalue weighted by molar-refractivity contribution is -0.306. The molecule has 1 unspecified atom stereocenters. The van der Waals surface area contributed by atoms with Crippen LogP contribution in [-0.4, -0.2) is 28.5 Å². The summed E-state index contributed by atoms with van der Waals surface area (Å²) in [4.78, 5) is 0. The lowest BCUT2D eigenvalue weighted by Crippen LogP contribution is -2.47. The first-order chi connectivity index (χ1) is 10.1. The molecular weight excluding hydrogens is 309 g/mol. The van der Waals surface area contributed by atoms with Crippen molar-refractivity contribution in [1.29, 1.82) is 0 Å². The number of hydrogen-bond donors (Lipinski definition) is 1. The minimum Gasteiger partial charge on any atom is -0.382 e. The fourth-order valence-electron chi connectivity index (χ4n) is 2.42. The van der Waals surface area contributed by atoms with Gasteiger partial charge in [0.2, 0.25) is 0 Å². The number of hydrogen-bond acceptors (Lipinski definition) is 3. The van der Waals surface area contributed by atoms with E-state index < -0.39 is 23.8 Å². The summed E-state index contributed by atoms with van der Waals surface area (Å²) in [5.74, 6) is -4.77. The van der Waals surface area contributed by atoms with Crippen molar-refractivity contribution < 1.29 is 31.6 Å². The lowest BCUT2D eigenvalue weighted by Gasteiger charge is -2.27. The van der Waals surface area contributed by atoms with Crippen LogP contribution in [0, 0.1) is 13.8 Å². The third-order valence-corrected chi connectivity index (χ3v) is 3.53. The predicted molar refractivity (Wildman–Crippen MR) is 68.3 cm³/mol. The van der Waals surface area contributed by atoms with Gasteiger partial charge in [-0.05, 0) is 37.8 Å². The molecule has 0 spiro atoms. The molecule has 0 radical (unpaired) electrons. The average Bonchev–Trinajstić information content (AvgIpc) is 2.76. The third-order valence-electron chi connectivity index (χ3n) is 3.53. The zero-order chi connectivity index (χ0) is 16.7. The highest BCUT2D eigenvalue weighted by molar-refractivity contribution is 5.72. The zero-order valence-electron chi connectivity index (χ0n) is 11.8. The van der Waals surface area contributed by atoms with Crippen LogP contribution in [0.5, 0.6) is 0 Å². The van der Waals surface area contributed by atoms with Crippen molar-refractivity contribution >= 4 is 5.57 Å². The molecule has 122 valence electrons. The maximum absolute atomic E-state index is 13.3. The maximum Gasteiger partial charge on any atom is 0.456 e. The SMILES string of the molecule is Cc1noc(C)c1C1=CC(C(O)C(F)(F)C(F)(F)F)=CCC1. The molecule has 0 bridgehead atoms. The van der Waals surface area contributed by atoms with Crippen molar-refractivity contribution in [3.63, 3.8) is 0 Å². The van der Waals surface area contributed by atoms with E-state index in [0.717, 1.165) is 6.08 Å². The Labute approximate surface area is 123 Å². The van der Waals surface area contributed by atoms with Crippen molar-refractivity contribution in [3.05, 3.63) is 34.7 Å². The predicted octanol–water partition coefficient (Wildman–Crippen LogP) is 3.95. The Morgan fingerprint density at radius 2 is 1.86 bits per heavy atom. The fourth-order valence-corrected chi connectivity index (χ4v) is 2.42. The smallest absolute Gasteiger partial charge is 0.382 e. The number of aliphatic hydroxyl groups excluding tert-OH is 1. The summed E-state index contributed by atoms with van der Waals surface area (Å²) in [7, 11) is 0. The van der Waals surface area contributed by atoms with Gasteiger partial charge < -0.3 is 9.63 Å². The van der Waals surface area contributed by atoms with Crippen LogP contribution in [0.3, 0.4) is 0 Å². The van der Waals surface area contributed by atoms with Gasteiger partial charge in [-0.3, -0.25) is 0 Å². The molecule has 1 aromatic rings. The average molecular weight is 323 g/mol. The largest absolute Gasteiger partial charge is 0.456 e. The van der Waals surface area contributed by atoms with Crippen molar-refractivity contribution in [3.8, 4) is 0 Å². The molecule has 8 heteroatoms. The van der Waals surface area contributed by atoms with Crippen molar-refractivity contribution in [2.24, 2.45) is 0 Å². The minimum atomic E-state index is -5.82. The Hall–Kier alpha value is -1.70. The van der Waals surface area contributed by atoms with Gasteiger partial charge in [0.15, 0.2) is 6.10 Å². The molecule has 1 aliphatic rings. The second kappa shape index (κ2) is 5.49. The van der Waals surface area contributed by atoms with Crippen molar-refractivity contribution in [2.45, 2.75) is 44.9 Å². The van der Waals surface area contributed by atoms with Crippen LogP contribution < -0.4 is 0 Å². The standard InChI is InChI=1S/C14H14F5NO2/c1-7-11(8(2)22-20-7)9-4-3-5-10(6-9)12(21)13(15,16)14(17,18)19/h5-6,12,21H,3-4H2,1-2H3. The molecular formula is C14H14F5NO2. The molecule has 0 saturated heterocycles. The second-order valence-corrected chi connectivity index (χ2v) is 5.13. The van der Waals surface area contributed by atoms with Gasteiger partial charge in [-0.2, -0.15) is 22.0 Å². The first-order valence-corrected chi connectivity index (χ1v) is 6.52. The van der Waals surface area contributed by atoms with Gasteiger partial charge in [0.1, 0.15) is 5.76 Å². The molecule has 22 heavy (non-hydrogen) atoms. The number of aryl methyl sites for hydroxylation is 2. The first kappa shape index (κ1) is 16.7. The van der Waals surface area contributed by atoms with E-state index in [1.165, 1.54) is 6.08 Å². The van der Waals surface area contributed by atoms with Gasteiger partial charge >= 0.3 is 12.1 Å². The molecule has 0 fully saturated rings. The van der Waals surface area contributed by atoms with E-state index in [1.54, 1.807) is 13.8 Å². The Morgan fingerprint density at radius 3 is 2.36 bits per heavy atom. The minimum absolute atomic E-state index is 0.246. The highest BCUT2D eigenvalue weighted by atomic mass is 19.4. The van der Waals surface area contributed by atoms with Gasteiger partial charge in [-0.25, -0.2) is 0 Å². The molecule has 2 rings (SSSR count). The van der Waals surface area contributed by atoms with Gasteiger partial charge in [-0.1, -0.05) is 17.3 Å². The molecule has 0 amide bonds. The molecule has 0 aliphatic heterocycles. The van der Waals surface area contributed by atoms with E-state index in [4.69, 9.17) is 4.52 Å².